The molecule has 1 heterocycles. The van der Waals surface area contributed by atoms with Gasteiger partial charge < -0.3 is 5.11 Å². The first-order valence-corrected chi connectivity index (χ1v) is 5.03. The number of fused-ring (bicyclic) bond motifs is 1. The molecule has 0 bridgehead atoms. The molecule has 3 atom stereocenters. The highest BCUT2D eigenvalue weighted by Crippen LogP contribution is 2.40. The molecule has 3 heteroatoms. The highest BCUT2D eigenvalue weighted by atomic mass is 32.2. The summed E-state index contributed by atoms with van der Waals surface area (Å²) in [5, 5.41) is 8.65. The third kappa shape index (κ3) is 1.18. The first kappa shape index (κ1) is 7.92. The first-order chi connectivity index (χ1) is 5.79. The molecule has 0 radical (unpaired) electrons. The summed E-state index contributed by atoms with van der Waals surface area (Å²) < 4.78 is 0. The molecular formula is C9H10O2S. The fourth-order valence-electron chi connectivity index (χ4n) is 1.72. The van der Waals surface area contributed by atoms with Gasteiger partial charge in [-0.2, -0.15) is 0 Å². The van der Waals surface area contributed by atoms with Crippen LogP contribution in [0.3, 0.4) is 0 Å². The SMILES string of the molecule is O=C(O)C1SCC2C=CC=CC21. The van der Waals surface area contributed by atoms with Crippen LogP contribution in [0.1, 0.15) is 0 Å². The van der Waals surface area contributed by atoms with Crippen molar-refractivity contribution in [3.8, 4) is 0 Å². The number of aliphatic carboxylic acids is 1. The van der Waals surface area contributed by atoms with E-state index >= 15 is 0 Å². The van der Waals surface area contributed by atoms with E-state index in [4.69, 9.17) is 5.11 Å². The third-order valence-electron chi connectivity index (χ3n) is 2.36. The molecule has 1 N–H and O–H groups in total. The monoisotopic (exact) mass is 182 g/mol. The summed E-state index contributed by atoms with van der Waals surface area (Å²) in [6, 6.07) is 0. The smallest absolute Gasteiger partial charge is 0.317 e. The van der Waals surface area contributed by atoms with E-state index in [1.165, 1.54) is 0 Å². The van der Waals surface area contributed by atoms with Gasteiger partial charge in [0.2, 0.25) is 0 Å². The van der Waals surface area contributed by atoms with E-state index in [9.17, 15) is 4.79 Å². The quantitative estimate of drug-likeness (QED) is 0.668. The number of hydrogen-bond donors (Lipinski definition) is 1. The van der Waals surface area contributed by atoms with Gasteiger partial charge in [0.05, 0.1) is 0 Å². The Morgan fingerprint density at radius 1 is 1.42 bits per heavy atom. The summed E-state index contributed by atoms with van der Waals surface area (Å²) in [4.78, 5) is 10.8. The van der Waals surface area contributed by atoms with Crippen molar-refractivity contribution in [3.05, 3.63) is 24.3 Å². The lowest BCUT2D eigenvalue weighted by molar-refractivity contribution is -0.137. The number of rotatable bonds is 1. The fourth-order valence-corrected chi connectivity index (χ4v) is 3.14. The standard InChI is InChI=1S/C9H10O2S/c10-9(11)8-7-4-2-1-3-6(7)5-12-8/h1-4,6-8H,5H2,(H,10,11). The van der Waals surface area contributed by atoms with Gasteiger partial charge in [-0.3, -0.25) is 4.79 Å². The summed E-state index contributed by atoms with van der Waals surface area (Å²) in [5.41, 5.74) is 0. The second-order valence-corrected chi connectivity index (χ2v) is 4.28. The first-order valence-electron chi connectivity index (χ1n) is 3.98. The second kappa shape index (κ2) is 2.98. The van der Waals surface area contributed by atoms with Gasteiger partial charge in [-0.25, -0.2) is 0 Å². The van der Waals surface area contributed by atoms with E-state index in [-0.39, 0.29) is 11.2 Å². The van der Waals surface area contributed by atoms with Gasteiger partial charge >= 0.3 is 5.97 Å². The molecule has 3 unspecified atom stereocenters. The number of hydrogen-bond acceptors (Lipinski definition) is 2. The molecule has 2 nitrogen and oxygen atoms in total. The van der Waals surface area contributed by atoms with Gasteiger partial charge in [0.1, 0.15) is 5.25 Å². The molecule has 0 aromatic heterocycles. The van der Waals surface area contributed by atoms with Crippen LogP contribution in [0.2, 0.25) is 0 Å². The maximum absolute atomic E-state index is 10.8. The van der Waals surface area contributed by atoms with E-state index in [0.717, 1.165) is 5.75 Å². The molecule has 0 aromatic rings. The van der Waals surface area contributed by atoms with Gasteiger partial charge in [-0.1, -0.05) is 24.3 Å². The molecule has 64 valence electrons. The lowest BCUT2D eigenvalue weighted by Crippen LogP contribution is -2.24. The van der Waals surface area contributed by atoms with Crippen LogP contribution < -0.4 is 0 Å². The number of carbonyl (C=O) groups is 1. The lowest BCUT2D eigenvalue weighted by Gasteiger charge is -2.17. The van der Waals surface area contributed by atoms with E-state index in [1.807, 2.05) is 18.2 Å². The largest absolute Gasteiger partial charge is 0.480 e. The molecule has 12 heavy (non-hydrogen) atoms. The van der Waals surface area contributed by atoms with Crippen LogP contribution in [0.15, 0.2) is 24.3 Å². The summed E-state index contributed by atoms with van der Waals surface area (Å²) >= 11 is 1.55. The van der Waals surface area contributed by atoms with Gasteiger partial charge in [0.25, 0.3) is 0 Å². The van der Waals surface area contributed by atoms with Gasteiger partial charge in [0.15, 0.2) is 0 Å². The third-order valence-corrected chi connectivity index (χ3v) is 3.81. The molecule has 1 fully saturated rings. The van der Waals surface area contributed by atoms with Gasteiger partial charge in [0, 0.05) is 11.7 Å². The van der Waals surface area contributed by atoms with Crippen LogP contribution in [0.25, 0.3) is 0 Å². The fraction of sp³-hybridized carbons (Fsp3) is 0.444. The average molecular weight is 182 g/mol. The average Bonchev–Trinajstić information content (AvgIpc) is 2.47. The van der Waals surface area contributed by atoms with E-state index < -0.39 is 5.97 Å². The Morgan fingerprint density at radius 2 is 2.17 bits per heavy atom. The summed E-state index contributed by atoms with van der Waals surface area (Å²) in [5.74, 6) is 0.939. The van der Waals surface area contributed by atoms with E-state index in [2.05, 4.69) is 6.08 Å². The topological polar surface area (TPSA) is 37.3 Å². The zero-order valence-corrected chi connectivity index (χ0v) is 7.33. The molecular weight excluding hydrogens is 172 g/mol. The molecule has 0 amide bonds. The Morgan fingerprint density at radius 3 is 2.92 bits per heavy atom. The van der Waals surface area contributed by atoms with Crippen LogP contribution in [0, 0.1) is 11.8 Å². The van der Waals surface area contributed by atoms with Crippen molar-refractivity contribution in [2.45, 2.75) is 5.25 Å². The van der Waals surface area contributed by atoms with Crippen LogP contribution in [0.4, 0.5) is 0 Å². The number of carboxylic acids is 1. The molecule has 0 spiro atoms. The van der Waals surface area contributed by atoms with Crippen LogP contribution >= 0.6 is 11.8 Å². The van der Waals surface area contributed by atoms with Crippen molar-refractivity contribution in [3.63, 3.8) is 0 Å². The summed E-state index contributed by atoms with van der Waals surface area (Å²) in [6.07, 6.45) is 8.08. The Labute approximate surface area is 75.3 Å². The molecule has 2 aliphatic rings. The number of carboxylic acid groups (broad SMARTS) is 1. The van der Waals surface area contributed by atoms with Crippen molar-refractivity contribution in [1.29, 1.82) is 0 Å². The van der Waals surface area contributed by atoms with Crippen LogP contribution in [-0.2, 0) is 4.79 Å². The summed E-state index contributed by atoms with van der Waals surface area (Å²) in [6.45, 7) is 0. The zero-order chi connectivity index (χ0) is 8.55. The molecule has 1 aliphatic heterocycles. The lowest BCUT2D eigenvalue weighted by atomic mass is 9.87. The Hall–Kier alpha value is -0.700. The molecule has 0 saturated carbocycles. The minimum Gasteiger partial charge on any atom is -0.480 e. The normalized spacial score (nSPS) is 38.2. The van der Waals surface area contributed by atoms with Gasteiger partial charge in [-0.15, -0.1) is 11.8 Å². The maximum atomic E-state index is 10.8. The van der Waals surface area contributed by atoms with Crippen LogP contribution in [-0.4, -0.2) is 22.1 Å². The minimum absolute atomic E-state index is 0.220. The Kier molecular flexibility index (Phi) is 1.97. The van der Waals surface area contributed by atoms with Crippen LogP contribution in [0.5, 0.6) is 0 Å². The molecule has 1 aliphatic carbocycles. The van der Waals surface area contributed by atoms with Crippen molar-refractivity contribution in [2.75, 3.05) is 5.75 Å². The van der Waals surface area contributed by atoms with Gasteiger partial charge in [-0.05, 0) is 5.92 Å². The molecule has 0 aromatic carbocycles. The van der Waals surface area contributed by atoms with E-state index in [1.54, 1.807) is 11.8 Å². The van der Waals surface area contributed by atoms with Crippen molar-refractivity contribution in [2.24, 2.45) is 11.8 Å². The molecule has 2 rings (SSSR count). The van der Waals surface area contributed by atoms with Crippen molar-refractivity contribution < 1.29 is 9.90 Å². The number of allylic oxidation sites excluding steroid dienone is 4. The predicted octanol–water partition coefficient (Wildman–Crippen LogP) is 1.54. The highest BCUT2D eigenvalue weighted by Gasteiger charge is 2.38. The minimum atomic E-state index is -0.674. The predicted molar refractivity (Wildman–Crippen MR) is 49.1 cm³/mol. The summed E-state index contributed by atoms with van der Waals surface area (Å²) in [7, 11) is 0. The zero-order valence-electron chi connectivity index (χ0n) is 6.51. The van der Waals surface area contributed by atoms with Crippen molar-refractivity contribution in [1.82, 2.24) is 0 Å². The maximum Gasteiger partial charge on any atom is 0.317 e. The highest BCUT2D eigenvalue weighted by molar-refractivity contribution is 8.00. The molecule has 1 saturated heterocycles. The Balaban J connectivity index is 2.18. The number of thioether (sulfide) groups is 1. The van der Waals surface area contributed by atoms with Crippen molar-refractivity contribution >= 4 is 17.7 Å². The van der Waals surface area contributed by atoms with E-state index in [0.29, 0.717) is 5.92 Å². The Bertz CT molecular complexity index is 257. The second-order valence-electron chi connectivity index (χ2n) is 3.10.